The molecule has 5 nitrogen and oxygen atoms in total. The van der Waals surface area contributed by atoms with Gasteiger partial charge in [-0.3, -0.25) is 4.90 Å². The Kier molecular flexibility index (Phi) is 6.38. The molecule has 0 atom stereocenters. The van der Waals surface area contributed by atoms with Crippen molar-refractivity contribution in [2.45, 2.75) is 6.42 Å². The summed E-state index contributed by atoms with van der Waals surface area (Å²) in [5, 5.41) is 1.22. The van der Waals surface area contributed by atoms with Crippen molar-refractivity contribution < 1.29 is 13.2 Å². The van der Waals surface area contributed by atoms with E-state index in [1.807, 2.05) is 30.3 Å². The number of hydrogen-bond donors (Lipinski definition) is 1. The van der Waals surface area contributed by atoms with Gasteiger partial charge in [0.1, 0.15) is 0 Å². The van der Waals surface area contributed by atoms with Crippen molar-refractivity contribution in [3.63, 3.8) is 0 Å². The van der Waals surface area contributed by atoms with Crippen LogP contribution in [0.3, 0.4) is 0 Å². The zero-order valence-corrected chi connectivity index (χ0v) is 12.9. The topological polar surface area (TPSA) is 58.6 Å². The molecule has 1 saturated heterocycles. The van der Waals surface area contributed by atoms with E-state index < -0.39 is 10.0 Å². The Morgan fingerprint density at radius 3 is 2.62 bits per heavy atom. The summed E-state index contributed by atoms with van der Waals surface area (Å²) < 4.78 is 31.5. The number of hydrogen-bond acceptors (Lipinski definition) is 4. The molecular weight excluding hydrogens is 288 g/mol. The lowest BCUT2D eigenvalue weighted by Gasteiger charge is -2.26. The van der Waals surface area contributed by atoms with Gasteiger partial charge in [-0.1, -0.05) is 30.3 Å². The van der Waals surface area contributed by atoms with Gasteiger partial charge in [0, 0.05) is 25.0 Å². The predicted octanol–water partition coefficient (Wildman–Crippen LogP) is 1.30. The van der Waals surface area contributed by atoms with E-state index in [0.717, 1.165) is 44.8 Å². The maximum Gasteiger partial charge on any atom is 0.233 e. The second-order valence-corrected chi connectivity index (χ2v) is 6.61. The van der Waals surface area contributed by atoms with E-state index in [1.165, 1.54) is 5.41 Å². The first kappa shape index (κ1) is 16.2. The average Bonchev–Trinajstić information content (AvgIpc) is 2.52. The number of ether oxygens (including phenoxy) is 1. The summed E-state index contributed by atoms with van der Waals surface area (Å²) in [7, 11) is -3.36. The van der Waals surface area contributed by atoms with Gasteiger partial charge in [0.05, 0.1) is 13.2 Å². The third kappa shape index (κ3) is 6.39. The van der Waals surface area contributed by atoms with Gasteiger partial charge in [0.15, 0.2) is 0 Å². The van der Waals surface area contributed by atoms with Gasteiger partial charge in [0.25, 0.3) is 0 Å². The van der Waals surface area contributed by atoms with Gasteiger partial charge < -0.3 is 4.74 Å². The fourth-order valence-corrected chi connectivity index (χ4v) is 2.98. The van der Waals surface area contributed by atoms with E-state index in [9.17, 15) is 8.42 Å². The van der Waals surface area contributed by atoms with E-state index in [4.69, 9.17) is 4.74 Å². The predicted molar refractivity (Wildman–Crippen MR) is 84.3 cm³/mol. The van der Waals surface area contributed by atoms with Crippen LogP contribution in [0.2, 0.25) is 0 Å². The smallest absolute Gasteiger partial charge is 0.233 e. The summed E-state index contributed by atoms with van der Waals surface area (Å²) in [4.78, 5) is 2.29. The molecule has 1 aliphatic heterocycles. The van der Waals surface area contributed by atoms with Gasteiger partial charge in [-0.15, -0.1) is 0 Å². The van der Waals surface area contributed by atoms with E-state index in [2.05, 4.69) is 9.62 Å². The van der Waals surface area contributed by atoms with Crippen molar-refractivity contribution in [2.75, 3.05) is 39.4 Å². The zero-order valence-electron chi connectivity index (χ0n) is 12.1. The van der Waals surface area contributed by atoms with E-state index in [-0.39, 0.29) is 0 Å². The van der Waals surface area contributed by atoms with Crippen LogP contribution < -0.4 is 4.72 Å². The van der Waals surface area contributed by atoms with Gasteiger partial charge >= 0.3 is 0 Å². The Bertz CT molecular complexity index is 537. The van der Waals surface area contributed by atoms with Crippen LogP contribution in [0.4, 0.5) is 0 Å². The standard InChI is InChI=1S/C15H22N2O3S/c18-21(19,14-7-15-5-2-1-3-6-15)16-8-4-9-17-10-12-20-13-11-17/h1-3,5-7,14,16H,4,8-13H2/b14-7+. The molecule has 0 amide bonds. The molecule has 21 heavy (non-hydrogen) atoms. The number of sulfonamides is 1. The summed E-state index contributed by atoms with van der Waals surface area (Å²) >= 11 is 0. The fraction of sp³-hybridized carbons (Fsp3) is 0.467. The summed E-state index contributed by atoms with van der Waals surface area (Å²) in [6.45, 7) is 4.76. The third-order valence-electron chi connectivity index (χ3n) is 3.30. The van der Waals surface area contributed by atoms with Crippen molar-refractivity contribution in [3.05, 3.63) is 41.3 Å². The molecule has 6 heteroatoms. The average molecular weight is 310 g/mol. The minimum Gasteiger partial charge on any atom is -0.379 e. The molecule has 116 valence electrons. The normalized spacial score (nSPS) is 17.3. The molecule has 0 unspecified atom stereocenters. The van der Waals surface area contributed by atoms with E-state index in [0.29, 0.717) is 6.54 Å². The number of benzene rings is 1. The van der Waals surface area contributed by atoms with E-state index >= 15 is 0 Å². The molecule has 0 saturated carbocycles. The van der Waals surface area contributed by atoms with Gasteiger partial charge in [0.2, 0.25) is 10.0 Å². The largest absolute Gasteiger partial charge is 0.379 e. The Morgan fingerprint density at radius 2 is 1.90 bits per heavy atom. The monoisotopic (exact) mass is 310 g/mol. The minimum absolute atomic E-state index is 0.457. The second-order valence-electron chi connectivity index (χ2n) is 4.96. The molecule has 0 bridgehead atoms. The minimum atomic E-state index is -3.36. The molecule has 2 rings (SSSR count). The molecule has 1 aromatic carbocycles. The Labute approximate surface area is 126 Å². The summed E-state index contributed by atoms with van der Waals surface area (Å²) in [6.07, 6.45) is 2.41. The molecule has 1 aromatic rings. The Morgan fingerprint density at radius 1 is 1.19 bits per heavy atom. The van der Waals surface area contributed by atoms with Crippen molar-refractivity contribution in [2.24, 2.45) is 0 Å². The van der Waals surface area contributed by atoms with Crippen LogP contribution in [0.25, 0.3) is 6.08 Å². The third-order valence-corrected chi connectivity index (χ3v) is 4.40. The van der Waals surface area contributed by atoms with Crippen LogP contribution in [0, 0.1) is 0 Å². The van der Waals surface area contributed by atoms with Crippen LogP contribution in [0.1, 0.15) is 12.0 Å². The first-order valence-electron chi connectivity index (χ1n) is 7.19. The first-order chi connectivity index (χ1) is 10.2. The maximum absolute atomic E-state index is 11.8. The lowest BCUT2D eigenvalue weighted by molar-refractivity contribution is 0.0376. The maximum atomic E-state index is 11.8. The highest BCUT2D eigenvalue weighted by molar-refractivity contribution is 7.92. The van der Waals surface area contributed by atoms with Gasteiger partial charge in [-0.25, -0.2) is 13.1 Å². The highest BCUT2D eigenvalue weighted by Crippen LogP contribution is 2.03. The molecule has 0 aromatic heterocycles. The van der Waals surface area contributed by atoms with Crippen molar-refractivity contribution in [3.8, 4) is 0 Å². The Balaban J connectivity index is 1.70. The van der Waals surface area contributed by atoms with Gasteiger partial charge in [-0.2, -0.15) is 0 Å². The molecule has 1 fully saturated rings. The Hall–Kier alpha value is -1.21. The van der Waals surface area contributed by atoms with Crippen LogP contribution in [0.5, 0.6) is 0 Å². The molecule has 0 radical (unpaired) electrons. The first-order valence-corrected chi connectivity index (χ1v) is 8.73. The fourth-order valence-electron chi connectivity index (χ4n) is 2.12. The molecule has 1 aliphatic rings. The van der Waals surface area contributed by atoms with Crippen LogP contribution in [-0.2, 0) is 14.8 Å². The number of rotatable bonds is 7. The SMILES string of the molecule is O=S(=O)(/C=C/c1ccccc1)NCCCN1CCOCC1. The lowest BCUT2D eigenvalue weighted by Crippen LogP contribution is -2.38. The molecule has 0 aliphatic carbocycles. The second kappa shape index (κ2) is 8.29. The molecule has 0 spiro atoms. The quantitative estimate of drug-likeness (QED) is 0.771. The van der Waals surface area contributed by atoms with Crippen molar-refractivity contribution in [1.29, 1.82) is 0 Å². The van der Waals surface area contributed by atoms with Crippen LogP contribution >= 0.6 is 0 Å². The molecule has 1 N–H and O–H groups in total. The number of nitrogens with zero attached hydrogens (tertiary/aromatic N) is 1. The van der Waals surface area contributed by atoms with Crippen LogP contribution in [0.15, 0.2) is 35.7 Å². The summed E-state index contributed by atoms with van der Waals surface area (Å²) in [6, 6.07) is 9.38. The number of morpholine rings is 1. The summed E-state index contributed by atoms with van der Waals surface area (Å²) in [5.41, 5.74) is 0.871. The van der Waals surface area contributed by atoms with Crippen LogP contribution in [-0.4, -0.2) is 52.7 Å². The lowest BCUT2D eigenvalue weighted by atomic mass is 10.2. The van der Waals surface area contributed by atoms with Crippen molar-refractivity contribution in [1.82, 2.24) is 9.62 Å². The highest BCUT2D eigenvalue weighted by atomic mass is 32.2. The summed E-state index contributed by atoms with van der Waals surface area (Å²) in [5.74, 6) is 0. The zero-order chi connectivity index (χ0) is 15.0. The highest BCUT2D eigenvalue weighted by Gasteiger charge is 2.10. The van der Waals surface area contributed by atoms with Crippen molar-refractivity contribution >= 4 is 16.1 Å². The van der Waals surface area contributed by atoms with Gasteiger partial charge in [-0.05, 0) is 24.6 Å². The van der Waals surface area contributed by atoms with E-state index in [1.54, 1.807) is 6.08 Å². The molecule has 1 heterocycles. The molecular formula is C15H22N2O3S. The number of nitrogens with one attached hydrogen (secondary N) is 1.